The molecular weight excluding hydrogens is 276 g/mol. The number of hydrogen-bond acceptors (Lipinski definition) is 4. The van der Waals surface area contributed by atoms with E-state index in [2.05, 4.69) is 10.3 Å². The molecule has 4 heteroatoms. The van der Waals surface area contributed by atoms with Crippen molar-refractivity contribution in [1.82, 2.24) is 4.98 Å². The van der Waals surface area contributed by atoms with E-state index in [4.69, 9.17) is 4.74 Å². The molecule has 1 saturated carbocycles. The van der Waals surface area contributed by atoms with Gasteiger partial charge in [-0.15, -0.1) is 0 Å². The highest BCUT2D eigenvalue weighted by Crippen LogP contribution is 2.25. The quantitative estimate of drug-likeness (QED) is 0.888. The van der Waals surface area contributed by atoms with Crippen LogP contribution in [0.4, 0.5) is 5.69 Å². The number of ether oxygens (including phenoxy) is 1. The molecule has 2 atom stereocenters. The first-order chi connectivity index (χ1) is 10.8. The maximum absolute atomic E-state index is 9.95. The third-order valence-corrected chi connectivity index (χ3v) is 4.06. The van der Waals surface area contributed by atoms with Crippen LogP contribution < -0.4 is 10.1 Å². The number of anilines is 1. The third kappa shape index (κ3) is 3.98. The lowest BCUT2D eigenvalue weighted by Crippen LogP contribution is -2.34. The number of aliphatic hydroxyl groups excluding tert-OH is 1. The number of aromatic nitrogens is 1. The molecule has 0 radical (unpaired) electrons. The zero-order chi connectivity index (χ0) is 15.2. The Hall–Kier alpha value is -2.07. The molecule has 1 aromatic heterocycles. The molecule has 2 aromatic rings. The van der Waals surface area contributed by atoms with Crippen LogP contribution in [0.2, 0.25) is 0 Å². The first-order valence-corrected chi connectivity index (χ1v) is 7.89. The topological polar surface area (TPSA) is 54.4 Å². The van der Waals surface area contributed by atoms with Gasteiger partial charge in [0.25, 0.3) is 0 Å². The highest BCUT2D eigenvalue weighted by molar-refractivity contribution is 5.46. The molecule has 0 bridgehead atoms. The third-order valence-electron chi connectivity index (χ3n) is 4.06. The smallest absolute Gasteiger partial charge is 0.124 e. The molecule has 1 aliphatic carbocycles. The van der Waals surface area contributed by atoms with Crippen LogP contribution >= 0.6 is 0 Å². The minimum atomic E-state index is -0.335. The van der Waals surface area contributed by atoms with Crippen LogP contribution in [0.3, 0.4) is 0 Å². The Bertz CT molecular complexity index is 571. The van der Waals surface area contributed by atoms with E-state index >= 15 is 0 Å². The van der Waals surface area contributed by atoms with Crippen LogP contribution in [0.1, 0.15) is 31.2 Å². The number of hydrogen-bond donors (Lipinski definition) is 2. The van der Waals surface area contributed by atoms with Crippen molar-refractivity contribution < 1.29 is 9.84 Å². The first kappa shape index (κ1) is 14.9. The Balaban J connectivity index is 1.53. The number of benzene rings is 1. The molecule has 116 valence electrons. The Labute approximate surface area is 131 Å². The van der Waals surface area contributed by atoms with Gasteiger partial charge in [-0.1, -0.05) is 6.42 Å². The van der Waals surface area contributed by atoms with Crippen molar-refractivity contribution >= 4 is 5.69 Å². The molecule has 0 amide bonds. The monoisotopic (exact) mass is 298 g/mol. The van der Waals surface area contributed by atoms with E-state index in [1.807, 2.05) is 36.4 Å². The number of nitrogens with one attached hydrogen (secondary N) is 1. The van der Waals surface area contributed by atoms with Gasteiger partial charge in [-0.2, -0.15) is 0 Å². The summed E-state index contributed by atoms with van der Waals surface area (Å²) >= 11 is 0. The zero-order valence-electron chi connectivity index (χ0n) is 12.6. The summed E-state index contributed by atoms with van der Waals surface area (Å²) in [5.41, 5.74) is 2.24. The summed E-state index contributed by atoms with van der Waals surface area (Å²) in [4.78, 5) is 4.01. The summed E-state index contributed by atoms with van der Waals surface area (Å²) in [7, 11) is 0. The summed E-state index contributed by atoms with van der Waals surface area (Å²) in [5, 5.41) is 13.3. The second kappa shape index (κ2) is 7.27. The average molecular weight is 298 g/mol. The van der Waals surface area contributed by atoms with Crippen LogP contribution in [-0.2, 0) is 6.54 Å². The zero-order valence-corrected chi connectivity index (χ0v) is 12.6. The van der Waals surface area contributed by atoms with E-state index in [0.29, 0.717) is 0 Å². The van der Waals surface area contributed by atoms with Crippen molar-refractivity contribution in [3.8, 4) is 5.75 Å². The predicted molar refractivity (Wildman–Crippen MR) is 86.9 cm³/mol. The number of nitrogens with zero attached hydrogens (tertiary/aromatic N) is 1. The summed E-state index contributed by atoms with van der Waals surface area (Å²) < 4.78 is 5.90. The molecule has 1 heterocycles. The summed E-state index contributed by atoms with van der Waals surface area (Å²) in [6.45, 7) is 0.768. The maximum Gasteiger partial charge on any atom is 0.124 e. The van der Waals surface area contributed by atoms with Gasteiger partial charge in [0.2, 0.25) is 0 Å². The Kier molecular flexibility index (Phi) is 4.91. The van der Waals surface area contributed by atoms with E-state index in [1.54, 1.807) is 12.4 Å². The fourth-order valence-corrected chi connectivity index (χ4v) is 2.75. The normalized spacial score (nSPS) is 21.3. The van der Waals surface area contributed by atoms with Gasteiger partial charge >= 0.3 is 0 Å². The second-order valence-corrected chi connectivity index (χ2v) is 5.74. The van der Waals surface area contributed by atoms with Gasteiger partial charge in [-0.05, 0) is 61.2 Å². The van der Waals surface area contributed by atoms with Gasteiger partial charge in [-0.25, -0.2) is 0 Å². The van der Waals surface area contributed by atoms with Crippen molar-refractivity contribution in [2.45, 2.75) is 44.4 Å². The lowest BCUT2D eigenvalue weighted by atomic mass is 9.95. The predicted octanol–water partition coefficient (Wildman–Crippen LogP) is 3.38. The van der Waals surface area contributed by atoms with Gasteiger partial charge in [0, 0.05) is 24.6 Å². The van der Waals surface area contributed by atoms with Crippen LogP contribution in [-0.4, -0.2) is 22.3 Å². The molecule has 0 aliphatic heterocycles. The van der Waals surface area contributed by atoms with Gasteiger partial charge in [-0.3, -0.25) is 4.98 Å². The fourth-order valence-electron chi connectivity index (χ4n) is 2.75. The van der Waals surface area contributed by atoms with Gasteiger partial charge < -0.3 is 15.2 Å². The number of rotatable bonds is 5. The van der Waals surface area contributed by atoms with Crippen molar-refractivity contribution in [3.05, 3.63) is 54.4 Å². The van der Waals surface area contributed by atoms with E-state index in [9.17, 15) is 5.11 Å². The summed E-state index contributed by atoms with van der Waals surface area (Å²) in [6, 6.07) is 11.9. The molecule has 1 fully saturated rings. The Morgan fingerprint density at radius 3 is 2.50 bits per heavy atom. The Morgan fingerprint density at radius 1 is 1.05 bits per heavy atom. The minimum Gasteiger partial charge on any atom is -0.488 e. The van der Waals surface area contributed by atoms with Crippen molar-refractivity contribution in [1.29, 1.82) is 0 Å². The molecule has 4 nitrogen and oxygen atoms in total. The fraction of sp³-hybridized carbons (Fsp3) is 0.389. The first-order valence-electron chi connectivity index (χ1n) is 7.89. The van der Waals surface area contributed by atoms with Crippen molar-refractivity contribution in [2.75, 3.05) is 5.32 Å². The molecule has 2 unspecified atom stereocenters. The Morgan fingerprint density at radius 2 is 1.77 bits per heavy atom. The standard InChI is InChI=1S/C18H22N2O2/c21-17-3-1-2-4-18(17)22-16-7-5-15(6-8-16)20-13-14-9-11-19-12-10-14/h5-12,17-18,20-21H,1-4,13H2. The van der Waals surface area contributed by atoms with Crippen molar-refractivity contribution in [2.24, 2.45) is 0 Å². The molecule has 2 N–H and O–H groups in total. The molecule has 22 heavy (non-hydrogen) atoms. The lowest BCUT2D eigenvalue weighted by molar-refractivity contribution is 0.00688. The second-order valence-electron chi connectivity index (χ2n) is 5.74. The highest BCUT2D eigenvalue weighted by atomic mass is 16.5. The van der Waals surface area contributed by atoms with Gasteiger partial charge in [0.1, 0.15) is 11.9 Å². The molecule has 1 aliphatic rings. The number of pyridine rings is 1. The van der Waals surface area contributed by atoms with E-state index in [1.165, 1.54) is 5.56 Å². The van der Waals surface area contributed by atoms with E-state index < -0.39 is 0 Å². The molecule has 3 rings (SSSR count). The molecule has 0 saturated heterocycles. The largest absolute Gasteiger partial charge is 0.488 e. The molecular formula is C18H22N2O2. The molecule has 0 spiro atoms. The average Bonchev–Trinajstić information content (AvgIpc) is 2.57. The van der Waals surface area contributed by atoms with E-state index in [-0.39, 0.29) is 12.2 Å². The maximum atomic E-state index is 9.95. The summed E-state index contributed by atoms with van der Waals surface area (Å²) in [5.74, 6) is 0.820. The van der Waals surface area contributed by atoms with Crippen LogP contribution in [0.25, 0.3) is 0 Å². The van der Waals surface area contributed by atoms with Crippen molar-refractivity contribution in [3.63, 3.8) is 0 Å². The lowest BCUT2D eigenvalue weighted by Gasteiger charge is -2.28. The van der Waals surface area contributed by atoms with Gasteiger partial charge in [0.15, 0.2) is 0 Å². The number of aliphatic hydroxyl groups is 1. The van der Waals surface area contributed by atoms with Gasteiger partial charge in [0.05, 0.1) is 6.10 Å². The highest BCUT2D eigenvalue weighted by Gasteiger charge is 2.24. The van der Waals surface area contributed by atoms with Crippen LogP contribution in [0.15, 0.2) is 48.8 Å². The van der Waals surface area contributed by atoms with Crippen LogP contribution in [0.5, 0.6) is 5.75 Å². The molecule has 1 aromatic carbocycles. The minimum absolute atomic E-state index is 0.0654. The SMILES string of the molecule is OC1CCCCC1Oc1ccc(NCc2ccncc2)cc1. The van der Waals surface area contributed by atoms with Crippen LogP contribution in [0, 0.1) is 0 Å². The summed E-state index contributed by atoms with van der Waals surface area (Å²) in [6.07, 6.45) is 7.20. The van der Waals surface area contributed by atoms with E-state index in [0.717, 1.165) is 43.7 Å².